The number of benzene rings is 2. The van der Waals surface area contributed by atoms with E-state index in [1.165, 1.54) is 0 Å². The predicted octanol–water partition coefficient (Wildman–Crippen LogP) is 4.65. The molecule has 0 atom stereocenters. The highest BCUT2D eigenvalue weighted by molar-refractivity contribution is 6.34. The van der Waals surface area contributed by atoms with Crippen LogP contribution in [0.4, 0.5) is 0 Å². The monoisotopic (exact) mass is 382 g/mol. The molecule has 1 aliphatic rings. The van der Waals surface area contributed by atoms with Crippen molar-refractivity contribution in [3.05, 3.63) is 58.3 Å². The molecule has 0 saturated heterocycles. The molecule has 0 N–H and O–H groups in total. The zero-order chi connectivity index (χ0) is 18.8. The van der Waals surface area contributed by atoms with Gasteiger partial charge in [-0.15, -0.1) is 0 Å². The van der Waals surface area contributed by atoms with Crippen molar-refractivity contribution in [2.45, 2.75) is 26.5 Å². The topological polar surface area (TPSA) is 53.4 Å². The zero-order valence-electron chi connectivity index (χ0n) is 14.9. The average Bonchev–Trinajstić information content (AvgIpc) is 3.01. The van der Waals surface area contributed by atoms with Crippen molar-refractivity contribution >= 4 is 34.9 Å². The summed E-state index contributed by atoms with van der Waals surface area (Å²) in [5.41, 5.74) is 3.56. The van der Waals surface area contributed by atoms with E-state index in [0.29, 0.717) is 23.1 Å². The number of hydrogen-bond donors (Lipinski definition) is 0. The van der Waals surface area contributed by atoms with Crippen LogP contribution in [0.5, 0.6) is 11.5 Å². The van der Waals surface area contributed by atoms with Gasteiger partial charge in [0.1, 0.15) is 31.0 Å². The number of aryl methyl sites for hydroxylation is 1. The maximum Gasteiger partial charge on any atom is 0.158 e. The van der Waals surface area contributed by atoms with Crippen LogP contribution in [-0.4, -0.2) is 22.7 Å². The number of hydrogen-bond acceptors (Lipinski definition) is 4. The molecule has 0 spiro atoms. The van der Waals surface area contributed by atoms with Crippen LogP contribution >= 0.6 is 11.6 Å². The lowest BCUT2D eigenvalue weighted by molar-refractivity contribution is -0.105. The van der Waals surface area contributed by atoms with Gasteiger partial charge >= 0.3 is 0 Å². The van der Waals surface area contributed by atoms with E-state index in [-0.39, 0.29) is 6.61 Å². The molecule has 0 fully saturated rings. The minimum Gasteiger partial charge on any atom is -0.489 e. The number of nitrogens with zero attached hydrogens (tertiary/aromatic N) is 2. The van der Waals surface area contributed by atoms with Gasteiger partial charge in [0.2, 0.25) is 0 Å². The molecule has 1 aliphatic heterocycles. The van der Waals surface area contributed by atoms with Crippen LogP contribution in [0.3, 0.4) is 0 Å². The Kier molecular flexibility index (Phi) is 4.86. The van der Waals surface area contributed by atoms with Crippen molar-refractivity contribution in [1.82, 2.24) is 9.78 Å². The fourth-order valence-corrected chi connectivity index (χ4v) is 3.39. The van der Waals surface area contributed by atoms with E-state index < -0.39 is 0 Å². The third kappa shape index (κ3) is 3.55. The molecule has 4 rings (SSSR count). The number of aldehydes is 1. The van der Waals surface area contributed by atoms with E-state index in [1.54, 1.807) is 0 Å². The second-order valence-corrected chi connectivity index (χ2v) is 6.84. The molecule has 5 nitrogen and oxygen atoms in total. The lowest BCUT2D eigenvalue weighted by atomic mass is 10.1. The van der Waals surface area contributed by atoms with E-state index in [1.807, 2.05) is 47.2 Å². The van der Waals surface area contributed by atoms with Crippen molar-refractivity contribution in [3.63, 3.8) is 0 Å². The number of rotatable bonds is 6. The number of ether oxygens (including phenoxy) is 2. The van der Waals surface area contributed by atoms with Crippen molar-refractivity contribution in [1.29, 1.82) is 0 Å². The summed E-state index contributed by atoms with van der Waals surface area (Å²) in [5.74, 6) is 1.43. The first-order valence-electron chi connectivity index (χ1n) is 8.88. The maximum absolute atomic E-state index is 10.9. The summed E-state index contributed by atoms with van der Waals surface area (Å²) in [6.07, 6.45) is 3.65. The van der Waals surface area contributed by atoms with Gasteiger partial charge in [-0.05, 0) is 42.3 Å². The Bertz CT molecular complexity index is 1040. The van der Waals surface area contributed by atoms with Crippen LogP contribution in [0, 0.1) is 0 Å². The zero-order valence-corrected chi connectivity index (χ0v) is 15.7. The number of aromatic nitrogens is 2. The summed E-state index contributed by atoms with van der Waals surface area (Å²) in [6.45, 7) is 3.66. The molecule has 2 aromatic carbocycles. The number of carbonyl (C=O) groups excluding carboxylic acids is 1. The molecule has 6 heteroatoms. The Morgan fingerprint density at radius 1 is 1.30 bits per heavy atom. The van der Waals surface area contributed by atoms with Gasteiger partial charge in [0, 0.05) is 29.1 Å². The molecule has 138 valence electrons. The largest absolute Gasteiger partial charge is 0.489 e. The summed E-state index contributed by atoms with van der Waals surface area (Å²) in [7, 11) is 0. The minimum absolute atomic E-state index is 0.289. The third-order valence-electron chi connectivity index (χ3n) is 4.48. The SMILES string of the molecule is CCCn1nc(Cl)c2cc(COc3ccc4c(c3)OCC(C=O)=C4)ccc21. The molecular formula is C21H19ClN2O3. The lowest BCUT2D eigenvalue weighted by Gasteiger charge is -2.16. The molecule has 0 aliphatic carbocycles. The summed E-state index contributed by atoms with van der Waals surface area (Å²) >= 11 is 6.29. The number of fused-ring (bicyclic) bond motifs is 2. The molecule has 2 heterocycles. The summed E-state index contributed by atoms with van der Waals surface area (Å²) < 4.78 is 13.5. The quantitative estimate of drug-likeness (QED) is 0.582. The van der Waals surface area contributed by atoms with Crippen molar-refractivity contribution in [3.8, 4) is 11.5 Å². The maximum atomic E-state index is 10.9. The van der Waals surface area contributed by atoms with Crippen molar-refractivity contribution < 1.29 is 14.3 Å². The lowest BCUT2D eigenvalue weighted by Crippen LogP contribution is -2.08. The molecule has 3 aromatic rings. The van der Waals surface area contributed by atoms with E-state index in [2.05, 4.69) is 12.0 Å². The number of carbonyl (C=O) groups is 1. The fourth-order valence-electron chi connectivity index (χ4n) is 3.15. The third-order valence-corrected chi connectivity index (χ3v) is 4.76. The molecule has 0 radical (unpaired) electrons. The first kappa shape index (κ1) is 17.6. The van der Waals surface area contributed by atoms with Crippen molar-refractivity contribution in [2.75, 3.05) is 6.61 Å². The minimum atomic E-state index is 0.289. The van der Waals surface area contributed by atoms with Crippen LogP contribution < -0.4 is 9.47 Å². The summed E-state index contributed by atoms with van der Waals surface area (Å²) in [4.78, 5) is 10.9. The molecular weight excluding hydrogens is 364 g/mol. The molecule has 0 bridgehead atoms. The van der Waals surface area contributed by atoms with Gasteiger partial charge in [-0.2, -0.15) is 5.10 Å². The normalized spacial score (nSPS) is 13.0. The molecule has 1 aromatic heterocycles. The predicted molar refractivity (Wildman–Crippen MR) is 105 cm³/mol. The van der Waals surface area contributed by atoms with E-state index in [9.17, 15) is 4.79 Å². The van der Waals surface area contributed by atoms with E-state index in [4.69, 9.17) is 21.1 Å². The first-order valence-corrected chi connectivity index (χ1v) is 9.26. The van der Waals surface area contributed by atoms with E-state index >= 15 is 0 Å². The second-order valence-electron chi connectivity index (χ2n) is 6.48. The smallest absolute Gasteiger partial charge is 0.158 e. The van der Waals surface area contributed by atoms with Crippen molar-refractivity contribution in [2.24, 2.45) is 0 Å². The Balaban J connectivity index is 1.51. The van der Waals surface area contributed by atoms with Gasteiger partial charge in [0.05, 0.1) is 5.52 Å². The van der Waals surface area contributed by atoms with Crippen LogP contribution in [0.25, 0.3) is 17.0 Å². The molecule has 0 saturated carbocycles. The Hall–Kier alpha value is -2.79. The van der Waals surface area contributed by atoms with Crippen LogP contribution in [0.1, 0.15) is 24.5 Å². The standard InChI is InChI=1S/C21H19ClN2O3/c1-2-7-24-19-6-3-14(9-18(19)21(22)23-24)12-26-17-5-4-16-8-15(11-25)13-27-20(16)10-17/h3-6,8-11H,2,7,12-13H2,1H3. The molecule has 0 unspecified atom stereocenters. The van der Waals surface area contributed by atoms with Gasteiger partial charge in [0.15, 0.2) is 5.15 Å². The van der Waals surface area contributed by atoms with Gasteiger partial charge in [-0.3, -0.25) is 9.48 Å². The highest BCUT2D eigenvalue weighted by Crippen LogP contribution is 2.31. The van der Waals surface area contributed by atoms with E-state index in [0.717, 1.165) is 47.0 Å². The van der Waals surface area contributed by atoms with Gasteiger partial charge in [-0.1, -0.05) is 24.6 Å². The Morgan fingerprint density at radius 2 is 2.19 bits per heavy atom. The van der Waals surface area contributed by atoms with Crippen LogP contribution in [0.2, 0.25) is 5.15 Å². The van der Waals surface area contributed by atoms with Crippen LogP contribution in [0.15, 0.2) is 42.0 Å². The van der Waals surface area contributed by atoms with Gasteiger partial charge in [-0.25, -0.2) is 0 Å². The Labute approximate surface area is 162 Å². The second kappa shape index (κ2) is 7.45. The first-order chi connectivity index (χ1) is 13.2. The van der Waals surface area contributed by atoms with Crippen LogP contribution in [-0.2, 0) is 17.9 Å². The van der Waals surface area contributed by atoms with Gasteiger partial charge in [0.25, 0.3) is 0 Å². The number of halogens is 1. The highest BCUT2D eigenvalue weighted by Gasteiger charge is 2.13. The average molecular weight is 383 g/mol. The summed E-state index contributed by atoms with van der Waals surface area (Å²) in [6, 6.07) is 11.7. The fraction of sp³-hybridized carbons (Fsp3) is 0.238. The Morgan fingerprint density at radius 3 is 3.00 bits per heavy atom. The summed E-state index contributed by atoms with van der Waals surface area (Å²) in [5, 5.41) is 5.85. The molecule has 27 heavy (non-hydrogen) atoms. The van der Waals surface area contributed by atoms with Gasteiger partial charge < -0.3 is 9.47 Å². The molecule has 0 amide bonds. The highest BCUT2D eigenvalue weighted by atomic mass is 35.5.